The van der Waals surface area contributed by atoms with Crippen molar-refractivity contribution in [2.45, 2.75) is 51.8 Å². The molecule has 19 heavy (non-hydrogen) atoms. The van der Waals surface area contributed by atoms with E-state index in [0.29, 0.717) is 6.04 Å². The van der Waals surface area contributed by atoms with Gasteiger partial charge in [0.2, 0.25) is 0 Å². The molecule has 0 aliphatic heterocycles. The Morgan fingerprint density at radius 3 is 2.47 bits per heavy atom. The lowest BCUT2D eigenvalue weighted by Gasteiger charge is -2.19. The molecule has 0 radical (unpaired) electrons. The van der Waals surface area contributed by atoms with E-state index in [-0.39, 0.29) is 4.75 Å². The third-order valence-corrected chi connectivity index (χ3v) is 5.19. The largest absolute Gasteiger partial charge is 0.313 e. The predicted molar refractivity (Wildman–Crippen MR) is 85.1 cm³/mol. The zero-order chi connectivity index (χ0) is 14.5. The van der Waals surface area contributed by atoms with Crippen molar-refractivity contribution in [2.75, 3.05) is 12.3 Å². The first kappa shape index (κ1) is 16.4. The van der Waals surface area contributed by atoms with Crippen LogP contribution in [0.15, 0.2) is 24.3 Å². The molecule has 0 aliphatic rings. The Labute approximate surface area is 120 Å². The summed E-state index contributed by atoms with van der Waals surface area (Å²) in [7, 11) is -0.767. The summed E-state index contributed by atoms with van der Waals surface area (Å²) in [4.78, 5) is 0. The fourth-order valence-corrected chi connectivity index (χ4v) is 2.86. The Morgan fingerprint density at radius 2 is 1.89 bits per heavy atom. The van der Waals surface area contributed by atoms with Crippen LogP contribution in [0.2, 0.25) is 0 Å². The number of aryl methyl sites for hydroxylation is 1. The third kappa shape index (κ3) is 5.87. The average Bonchev–Trinajstić information content (AvgIpc) is 2.31. The van der Waals surface area contributed by atoms with Gasteiger partial charge in [0.1, 0.15) is 0 Å². The van der Waals surface area contributed by atoms with Gasteiger partial charge in [0.25, 0.3) is 0 Å². The highest BCUT2D eigenvalue weighted by molar-refractivity contribution is 7.86. The van der Waals surface area contributed by atoms with Crippen LogP contribution in [0, 0.1) is 6.92 Å². The van der Waals surface area contributed by atoms with E-state index in [0.717, 1.165) is 18.7 Å². The normalized spacial score (nSPS) is 15.2. The number of hydrogen-bond acceptors (Lipinski definition) is 2. The summed E-state index contributed by atoms with van der Waals surface area (Å²) >= 11 is 0. The lowest BCUT2D eigenvalue weighted by atomic mass is 10.0. The van der Waals surface area contributed by atoms with Gasteiger partial charge in [0.05, 0.1) is 0 Å². The van der Waals surface area contributed by atoms with Crippen molar-refractivity contribution < 1.29 is 4.21 Å². The second-order valence-electron chi connectivity index (χ2n) is 6.15. The molecule has 3 heteroatoms. The van der Waals surface area contributed by atoms with E-state index in [1.807, 2.05) is 20.8 Å². The van der Waals surface area contributed by atoms with Gasteiger partial charge in [-0.1, -0.05) is 24.3 Å². The summed E-state index contributed by atoms with van der Waals surface area (Å²) in [5.74, 6) is 0.724. The highest BCUT2D eigenvalue weighted by Crippen LogP contribution is 2.11. The fourth-order valence-electron chi connectivity index (χ4n) is 1.95. The maximum atomic E-state index is 11.9. The summed E-state index contributed by atoms with van der Waals surface area (Å²) in [5.41, 5.74) is 2.73. The minimum absolute atomic E-state index is 0.110. The van der Waals surface area contributed by atoms with E-state index >= 15 is 0 Å². The first-order chi connectivity index (χ1) is 8.80. The number of benzene rings is 1. The van der Waals surface area contributed by atoms with Crippen LogP contribution in [0.3, 0.4) is 0 Å². The molecule has 0 bridgehead atoms. The monoisotopic (exact) mass is 281 g/mol. The zero-order valence-corrected chi connectivity index (χ0v) is 13.6. The maximum absolute atomic E-state index is 11.9. The van der Waals surface area contributed by atoms with Crippen molar-refractivity contribution in [1.29, 1.82) is 0 Å². The van der Waals surface area contributed by atoms with E-state index in [1.165, 1.54) is 11.1 Å². The van der Waals surface area contributed by atoms with Crippen molar-refractivity contribution in [1.82, 2.24) is 5.32 Å². The molecule has 1 N–H and O–H groups in total. The van der Waals surface area contributed by atoms with E-state index < -0.39 is 10.8 Å². The molecular formula is C16H27NOS. The molecule has 1 aromatic carbocycles. The Morgan fingerprint density at radius 1 is 1.26 bits per heavy atom. The van der Waals surface area contributed by atoms with E-state index in [1.54, 1.807) is 0 Å². The van der Waals surface area contributed by atoms with Crippen LogP contribution >= 0.6 is 0 Å². The van der Waals surface area contributed by atoms with Crippen molar-refractivity contribution in [3.8, 4) is 0 Å². The molecule has 0 amide bonds. The molecular weight excluding hydrogens is 254 g/mol. The second kappa shape index (κ2) is 7.20. The Bertz CT molecular complexity index is 423. The SMILES string of the molecule is Cc1ccccc1C[C@H](C)NCC[S@](=O)C(C)(C)C. The quantitative estimate of drug-likeness (QED) is 0.868. The van der Waals surface area contributed by atoms with Crippen LogP contribution in [-0.4, -0.2) is 27.3 Å². The molecule has 2 atom stereocenters. The zero-order valence-electron chi connectivity index (χ0n) is 12.8. The van der Waals surface area contributed by atoms with Crippen molar-refractivity contribution in [2.24, 2.45) is 0 Å². The van der Waals surface area contributed by atoms with Gasteiger partial charge in [-0.25, -0.2) is 0 Å². The second-order valence-corrected chi connectivity index (χ2v) is 8.47. The molecule has 0 saturated carbocycles. The van der Waals surface area contributed by atoms with Gasteiger partial charge >= 0.3 is 0 Å². The van der Waals surface area contributed by atoms with Gasteiger partial charge in [-0.2, -0.15) is 0 Å². The minimum atomic E-state index is -0.767. The minimum Gasteiger partial charge on any atom is -0.313 e. The summed E-state index contributed by atoms with van der Waals surface area (Å²) < 4.78 is 11.8. The molecule has 108 valence electrons. The Hall–Kier alpha value is -0.670. The summed E-state index contributed by atoms with van der Waals surface area (Å²) in [6, 6.07) is 8.91. The van der Waals surface area contributed by atoms with Gasteiger partial charge in [-0.15, -0.1) is 0 Å². The molecule has 1 aromatic rings. The summed E-state index contributed by atoms with van der Waals surface area (Å²) in [6.45, 7) is 11.2. The average molecular weight is 281 g/mol. The van der Waals surface area contributed by atoms with Gasteiger partial charge < -0.3 is 5.32 Å². The van der Waals surface area contributed by atoms with Crippen molar-refractivity contribution in [3.05, 3.63) is 35.4 Å². The van der Waals surface area contributed by atoms with Crippen LogP contribution in [0.5, 0.6) is 0 Å². The first-order valence-corrected chi connectivity index (χ1v) is 8.29. The van der Waals surface area contributed by atoms with Crippen molar-refractivity contribution in [3.63, 3.8) is 0 Å². The number of rotatable bonds is 6. The smallest absolute Gasteiger partial charge is 0.0375 e. The third-order valence-electron chi connectivity index (χ3n) is 3.25. The standard InChI is InChI=1S/C16H27NOS/c1-13-8-6-7-9-15(13)12-14(2)17-10-11-19(18)16(3,4)5/h6-9,14,17H,10-12H2,1-5H3/t14-,19-/m0/s1. The van der Waals surface area contributed by atoms with Gasteiger partial charge in [0.15, 0.2) is 0 Å². The van der Waals surface area contributed by atoms with Gasteiger partial charge in [-0.05, 0) is 52.2 Å². The molecule has 0 unspecified atom stereocenters. The van der Waals surface area contributed by atoms with Crippen LogP contribution in [0.4, 0.5) is 0 Å². The van der Waals surface area contributed by atoms with E-state index in [9.17, 15) is 4.21 Å². The van der Waals surface area contributed by atoms with Crippen LogP contribution in [0.25, 0.3) is 0 Å². The van der Waals surface area contributed by atoms with Gasteiger partial charge in [0, 0.05) is 33.9 Å². The number of hydrogen-bond donors (Lipinski definition) is 1. The highest BCUT2D eigenvalue weighted by Gasteiger charge is 2.18. The molecule has 1 rings (SSSR count). The predicted octanol–water partition coefficient (Wildman–Crippen LogP) is 3.06. The molecule has 0 fully saturated rings. The fraction of sp³-hybridized carbons (Fsp3) is 0.625. The Kier molecular flexibility index (Phi) is 6.21. The van der Waals surface area contributed by atoms with E-state index in [4.69, 9.17) is 0 Å². The Balaban J connectivity index is 2.35. The maximum Gasteiger partial charge on any atom is 0.0375 e. The van der Waals surface area contributed by atoms with Gasteiger partial charge in [-0.3, -0.25) is 4.21 Å². The van der Waals surface area contributed by atoms with E-state index in [2.05, 4.69) is 43.4 Å². The first-order valence-electron chi connectivity index (χ1n) is 6.97. The molecule has 2 nitrogen and oxygen atoms in total. The number of nitrogens with one attached hydrogen (secondary N) is 1. The van der Waals surface area contributed by atoms with Crippen LogP contribution in [0.1, 0.15) is 38.8 Å². The van der Waals surface area contributed by atoms with Crippen LogP contribution in [-0.2, 0) is 17.2 Å². The highest BCUT2D eigenvalue weighted by atomic mass is 32.2. The molecule has 0 aromatic heterocycles. The molecule has 0 aliphatic carbocycles. The van der Waals surface area contributed by atoms with Crippen molar-refractivity contribution >= 4 is 10.8 Å². The molecule has 0 saturated heterocycles. The van der Waals surface area contributed by atoms with Crippen LogP contribution < -0.4 is 5.32 Å². The summed E-state index contributed by atoms with van der Waals surface area (Å²) in [6.07, 6.45) is 1.02. The molecule has 0 heterocycles. The topological polar surface area (TPSA) is 29.1 Å². The molecule has 0 spiro atoms. The lowest BCUT2D eigenvalue weighted by molar-refractivity contribution is 0.561. The summed E-state index contributed by atoms with van der Waals surface area (Å²) in [5, 5.41) is 3.47. The lowest BCUT2D eigenvalue weighted by Crippen LogP contribution is -2.34.